The summed E-state index contributed by atoms with van der Waals surface area (Å²) in [5.41, 5.74) is 1.84. The Hall–Kier alpha value is -3.74. The number of carbonyl (C=O) groups is 1. The summed E-state index contributed by atoms with van der Waals surface area (Å²) in [5, 5.41) is 6.03. The number of nitrogens with zero attached hydrogens (tertiary/aromatic N) is 1. The first-order valence-corrected chi connectivity index (χ1v) is 9.13. The van der Waals surface area contributed by atoms with Crippen molar-refractivity contribution < 1.29 is 19.0 Å². The Bertz CT molecular complexity index is 974. The van der Waals surface area contributed by atoms with Gasteiger partial charge in [-0.1, -0.05) is 12.1 Å². The van der Waals surface area contributed by atoms with E-state index in [0.717, 1.165) is 11.4 Å². The second-order valence-corrected chi connectivity index (χ2v) is 6.01. The summed E-state index contributed by atoms with van der Waals surface area (Å²) in [4.78, 5) is 16.8. The molecule has 0 aliphatic carbocycles. The zero-order valence-electron chi connectivity index (χ0n) is 16.6. The van der Waals surface area contributed by atoms with E-state index in [1.165, 1.54) is 6.20 Å². The van der Waals surface area contributed by atoms with Gasteiger partial charge in [0.1, 0.15) is 11.6 Å². The molecule has 1 heterocycles. The quantitative estimate of drug-likeness (QED) is 0.587. The van der Waals surface area contributed by atoms with Crippen LogP contribution >= 0.6 is 0 Å². The van der Waals surface area contributed by atoms with E-state index in [-0.39, 0.29) is 5.91 Å². The Labute approximate surface area is 169 Å². The third kappa shape index (κ3) is 4.95. The Morgan fingerprint density at radius 1 is 0.966 bits per heavy atom. The third-order valence-corrected chi connectivity index (χ3v) is 4.12. The van der Waals surface area contributed by atoms with Crippen LogP contribution in [-0.2, 0) is 0 Å². The highest BCUT2D eigenvalue weighted by Gasteiger charge is 2.10. The maximum absolute atomic E-state index is 12.5. The van der Waals surface area contributed by atoms with Crippen LogP contribution in [0.25, 0.3) is 0 Å². The third-order valence-electron chi connectivity index (χ3n) is 4.12. The van der Waals surface area contributed by atoms with Crippen LogP contribution in [-0.4, -0.2) is 31.7 Å². The zero-order chi connectivity index (χ0) is 20.6. The minimum absolute atomic E-state index is 0.272. The van der Waals surface area contributed by atoms with Crippen molar-refractivity contribution in [2.45, 2.75) is 6.92 Å². The first-order valence-electron chi connectivity index (χ1n) is 9.13. The molecule has 0 atom stereocenters. The van der Waals surface area contributed by atoms with E-state index in [2.05, 4.69) is 15.6 Å². The van der Waals surface area contributed by atoms with Crippen LogP contribution in [0.1, 0.15) is 17.3 Å². The second kappa shape index (κ2) is 9.45. The molecule has 0 unspecified atom stereocenters. The number of para-hydroxylation sites is 2. The molecule has 1 aromatic heterocycles. The Morgan fingerprint density at radius 3 is 2.45 bits per heavy atom. The summed E-state index contributed by atoms with van der Waals surface area (Å²) < 4.78 is 16.1. The van der Waals surface area contributed by atoms with Crippen molar-refractivity contribution in [1.82, 2.24) is 4.98 Å². The van der Waals surface area contributed by atoms with Gasteiger partial charge in [-0.2, -0.15) is 0 Å². The fraction of sp³-hybridized carbons (Fsp3) is 0.182. The molecule has 1 amide bonds. The number of hydrogen-bond acceptors (Lipinski definition) is 6. The molecule has 0 radical (unpaired) electrons. The monoisotopic (exact) mass is 393 g/mol. The van der Waals surface area contributed by atoms with E-state index >= 15 is 0 Å². The summed E-state index contributed by atoms with van der Waals surface area (Å²) in [6.45, 7) is 2.50. The van der Waals surface area contributed by atoms with Crippen LogP contribution in [0.3, 0.4) is 0 Å². The molecule has 0 fully saturated rings. The molecule has 7 nitrogen and oxygen atoms in total. The second-order valence-electron chi connectivity index (χ2n) is 6.01. The van der Waals surface area contributed by atoms with E-state index in [1.807, 2.05) is 31.2 Å². The van der Waals surface area contributed by atoms with Gasteiger partial charge in [-0.3, -0.25) is 4.79 Å². The Morgan fingerprint density at radius 2 is 1.76 bits per heavy atom. The Kier molecular flexibility index (Phi) is 6.52. The zero-order valence-corrected chi connectivity index (χ0v) is 16.6. The molecule has 0 aliphatic heterocycles. The predicted molar refractivity (Wildman–Crippen MR) is 113 cm³/mol. The first kappa shape index (κ1) is 20.0. The number of benzene rings is 2. The van der Waals surface area contributed by atoms with Gasteiger partial charge in [0, 0.05) is 18.0 Å². The molecule has 2 aromatic carbocycles. The van der Waals surface area contributed by atoms with Gasteiger partial charge in [0.05, 0.1) is 32.1 Å². The molecule has 7 heteroatoms. The number of hydrogen-bond donors (Lipinski definition) is 2. The van der Waals surface area contributed by atoms with Crippen LogP contribution in [0.15, 0.2) is 60.8 Å². The van der Waals surface area contributed by atoms with Crippen LogP contribution < -0.4 is 24.8 Å². The van der Waals surface area contributed by atoms with E-state index < -0.39 is 0 Å². The van der Waals surface area contributed by atoms with Crippen molar-refractivity contribution in [3.63, 3.8) is 0 Å². The number of anilines is 3. The van der Waals surface area contributed by atoms with Gasteiger partial charge in [-0.25, -0.2) is 4.98 Å². The maximum Gasteiger partial charge on any atom is 0.257 e. The number of nitrogens with one attached hydrogen (secondary N) is 2. The topological polar surface area (TPSA) is 81.7 Å². The number of pyridine rings is 1. The number of carbonyl (C=O) groups excluding carboxylic acids is 1. The molecule has 2 N–H and O–H groups in total. The molecular formula is C22H23N3O4. The standard InChI is InChI=1S/C22H23N3O4/c1-4-29-18-8-6-5-7-17(18)25-21-12-9-15(14-23-21)22(26)24-16-10-11-19(27-2)20(13-16)28-3/h5-14H,4H2,1-3H3,(H,23,25)(H,24,26). The van der Waals surface area contributed by atoms with Crippen LogP contribution in [0.5, 0.6) is 17.2 Å². The number of amides is 1. The lowest BCUT2D eigenvalue weighted by Crippen LogP contribution is -2.12. The largest absolute Gasteiger partial charge is 0.493 e. The lowest BCUT2D eigenvalue weighted by atomic mass is 10.2. The van der Waals surface area contributed by atoms with E-state index in [0.29, 0.717) is 35.2 Å². The van der Waals surface area contributed by atoms with Gasteiger partial charge in [-0.05, 0) is 43.3 Å². The van der Waals surface area contributed by atoms with Crippen LogP contribution in [0, 0.1) is 0 Å². The van der Waals surface area contributed by atoms with Gasteiger partial charge < -0.3 is 24.8 Å². The van der Waals surface area contributed by atoms with Crippen molar-refractivity contribution in [3.05, 3.63) is 66.4 Å². The SMILES string of the molecule is CCOc1ccccc1Nc1ccc(C(=O)Nc2ccc(OC)c(OC)c2)cn1. The van der Waals surface area contributed by atoms with Gasteiger partial charge in [0.2, 0.25) is 0 Å². The fourth-order valence-electron chi connectivity index (χ4n) is 2.71. The van der Waals surface area contributed by atoms with Crippen LogP contribution in [0.2, 0.25) is 0 Å². The summed E-state index contributed by atoms with van der Waals surface area (Å²) in [6, 6.07) is 16.2. The first-order chi connectivity index (χ1) is 14.1. The highest BCUT2D eigenvalue weighted by Crippen LogP contribution is 2.30. The van der Waals surface area contributed by atoms with E-state index in [4.69, 9.17) is 14.2 Å². The van der Waals surface area contributed by atoms with Gasteiger partial charge in [-0.15, -0.1) is 0 Å². The molecule has 0 spiro atoms. The van der Waals surface area contributed by atoms with Crippen LogP contribution in [0.4, 0.5) is 17.2 Å². The van der Waals surface area contributed by atoms with Crippen molar-refractivity contribution >= 4 is 23.1 Å². The summed E-state index contributed by atoms with van der Waals surface area (Å²) in [7, 11) is 3.10. The fourth-order valence-corrected chi connectivity index (χ4v) is 2.71. The minimum atomic E-state index is -0.272. The number of ether oxygens (including phenoxy) is 3. The van der Waals surface area contributed by atoms with Crippen molar-refractivity contribution in [2.24, 2.45) is 0 Å². The lowest BCUT2D eigenvalue weighted by molar-refractivity contribution is 0.102. The van der Waals surface area contributed by atoms with Gasteiger partial charge in [0.15, 0.2) is 11.5 Å². The van der Waals surface area contributed by atoms with E-state index in [1.54, 1.807) is 44.6 Å². The molecule has 0 saturated carbocycles. The number of rotatable bonds is 8. The normalized spacial score (nSPS) is 10.2. The highest BCUT2D eigenvalue weighted by atomic mass is 16.5. The Balaban J connectivity index is 1.69. The molecule has 3 aromatic rings. The molecule has 0 bridgehead atoms. The lowest BCUT2D eigenvalue weighted by Gasteiger charge is -2.12. The average molecular weight is 393 g/mol. The van der Waals surface area contributed by atoms with Gasteiger partial charge >= 0.3 is 0 Å². The molecule has 3 rings (SSSR count). The maximum atomic E-state index is 12.5. The summed E-state index contributed by atoms with van der Waals surface area (Å²) in [5.74, 6) is 2.21. The molecule has 0 saturated heterocycles. The highest BCUT2D eigenvalue weighted by molar-refractivity contribution is 6.04. The van der Waals surface area contributed by atoms with Crippen molar-refractivity contribution in [2.75, 3.05) is 31.5 Å². The average Bonchev–Trinajstić information content (AvgIpc) is 2.75. The smallest absolute Gasteiger partial charge is 0.257 e. The van der Waals surface area contributed by atoms with Gasteiger partial charge in [0.25, 0.3) is 5.91 Å². The molecule has 29 heavy (non-hydrogen) atoms. The minimum Gasteiger partial charge on any atom is -0.493 e. The number of methoxy groups -OCH3 is 2. The summed E-state index contributed by atoms with van der Waals surface area (Å²) >= 11 is 0. The summed E-state index contributed by atoms with van der Waals surface area (Å²) in [6.07, 6.45) is 1.52. The molecule has 150 valence electrons. The number of aromatic nitrogens is 1. The molecule has 0 aliphatic rings. The van der Waals surface area contributed by atoms with Crippen molar-refractivity contribution in [1.29, 1.82) is 0 Å². The predicted octanol–water partition coefficient (Wildman–Crippen LogP) is 4.49. The molecular weight excluding hydrogens is 370 g/mol. The van der Waals surface area contributed by atoms with Crippen molar-refractivity contribution in [3.8, 4) is 17.2 Å². The van der Waals surface area contributed by atoms with E-state index in [9.17, 15) is 4.79 Å².